The Bertz CT molecular complexity index is 2170. The zero-order valence-electron chi connectivity index (χ0n) is 28.4. The number of aromatic amines is 1. The molecule has 8 N–H and O–H groups in total. The largest absolute Gasteiger partial charge is 0.504 e. The van der Waals surface area contributed by atoms with Gasteiger partial charge in [-0.3, -0.25) is 33.8 Å². The maximum Gasteiger partial charge on any atom is 0.348 e. The number of aromatic nitrogens is 5. The Kier molecular flexibility index (Phi) is 9.87. The molecule has 0 aliphatic carbocycles. The topological polar surface area (TPSA) is 317 Å². The maximum atomic E-state index is 13.9. The molecule has 4 amide bonds. The van der Waals surface area contributed by atoms with Crippen LogP contribution in [0.15, 0.2) is 28.2 Å². The molecule has 3 atom stereocenters. The molecule has 0 unspecified atom stereocenters. The molecule has 0 spiro atoms. The molecule has 2 fully saturated rings. The SMILES string of the molecule is Nc1nc(/C(=N/O[C@@H](CC(=O)O)C(=O)O)C(=O)N[C@@H]2C(=O)N3C(c4nn[nH]n4)=C(C[N+]4(CCN5C(=O)c6ccc(O)c(O)c6C5=O)CCCC4)CS[C@H]23)cs1. The van der Waals surface area contributed by atoms with Crippen LogP contribution in [-0.2, 0) is 24.0 Å². The molecule has 0 bridgehead atoms. The second-order valence-electron chi connectivity index (χ2n) is 13.1. The highest BCUT2D eigenvalue weighted by atomic mass is 32.2. The third-order valence-corrected chi connectivity index (χ3v) is 11.7. The molecule has 24 heteroatoms. The zero-order valence-corrected chi connectivity index (χ0v) is 30.1. The van der Waals surface area contributed by atoms with Crippen LogP contribution < -0.4 is 11.1 Å². The summed E-state index contributed by atoms with van der Waals surface area (Å²) in [5.74, 6) is -6.52. The molecule has 6 heterocycles. The van der Waals surface area contributed by atoms with Gasteiger partial charge in [-0.25, -0.2) is 9.78 Å². The van der Waals surface area contributed by atoms with Crippen molar-refractivity contribution in [1.29, 1.82) is 0 Å². The number of hydrogen-bond donors (Lipinski definition) is 7. The maximum absolute atomic E-state index is 13.9. The van der Waals surface area contributed by atoms with E-state index in [1.54, 1.807) is 0 Å². The quantitative estimate of drug-likeness (QED) is 0.0257. The van der Waals surface area contributed by atoms with Crippen LogP contribution in [0.2, 0.25) is 0 Å². The number of phenols is 2. The Morgan fingerprint density at radius 2 is 1.91 bits per heavy atom. The average molecular weight is 799 g/mol. The van der Waals surface area contributed by atoms with Crippen molar-refractivity contribution in [2.45, 2.75) is 36.8 Å². The number of thiazole rings is 1. The number of H-pyrrole nitrogens is 1. The third-order valence-electron chi connectivity index (χ3n) is 9.71. The molecule has 0 saturated carbocycles. The number of amides is 4. The van der Waals surface area contributed by atoms with Crippen LogP contribution in [0.25, 0.3) is 5.70 Å². The lowest BCUT2D eigenvalue weighted by molar-refractivity contribution is -0.911. The Balaban J connectivity index is 1.11. The van der Waals surface area contributed by atoms with Gasteiger partial charge in [0.2, 0.25) is 11.9 Å². The second-order valence-corrected chi connectivity index (χ2v) is 15.1. The number of quaternary nitrogens is 1. The zero-order chi connectivity index (χ0) is 39.2. The number of nitrogens with zero attached hydrogens (tertiary/aromatic N) is 8. The third kappa shape index (κ3) is 6.89. The number of nitrogens with two attached hydrogens (primary N) is 1. The van der Waals surface area contributed by atoms with Gasteiger partial charge < -0.3 is 40.8 Å². The first-order valence-corrected chi connectivity index (χ1v) is 18.6. The number of tetrazole rings is 1. The summed E-state index contributed by atoms with van der Waals surface area (Å²) in [6.45, 7) is 2.22. The van der Waals surface area contributed by atoms with Gasteiger partial charge in [-0.15, -0.1) is 33.3 Å². The summed E-state index contributed by atoms with van der Waals surface area (Å²) in [5, 5.41) is 60.1. The number of nitrogens with one attached hydrogen (secondary N) is 2. The molecule has 0 radical (unpaired) electrons. The van der Waals surface area contributed by atoms with Crippen LogP contribution >= 0.6 is 23.1 Å². The summed E-state index contributed by atoms with van der Waals surface area (Å²) in [6.07, 6.45) is -1.14. The number of fused-ring (bicyclic) bond motifs is 2. The number of β-lactam (4-membered cyclic amide) rings is 1. The van der Waals surface area contributed by atoms with E-state index in [1.807, 2.05) is 0 Å². The number of benzene rings is 1. The molecule has 3 aromatic rings. The van der Waals surface area contributed by atoms with Crippen LogP contribution in [0.5, 0.6) is 11.5 Å². The van der Waals surface area contributed by atoms with Crippen molar-refractivity contribution in [3.05, 3.63) is 45.7 Å². The van der Waals surface area contributed by atoms with Crippen molar-refractivity contribution in [3.8, 4) is 11.5 Å². The number of anilines is 1. The van der Waals surface area contributed by atoms with Crippen molar-refractivity contribution in [3.63, 3.8) is 0 Å². The number of phenolic OH excluding ortho intramolecular Hbond substituents is 2. The molecule has 288 valence electrons. The summed E-state index contributed by atoms with van der Waals surface area (Å²) in [4.78, 5) is 88.0. The van der Waals surface area contributed by atoms with E-state index >= 15 is 0 Å². The van der Waals surface area contributed by atoms with Crippen LogP contribution in [0.1, 0.15) is 51.5 Å². The fraction of sp³-hybridized carbons (Fsp3) is 0.387. The summed E-state index contributed by atoms with van der Waals surface area (Å²) in [5.41, 5.74) is 6.06. The number of likely N-dealkylation sites (tertiary alicyclic amines) is 1. The highest BCUT2D eigenvalue weighted by Crippen LogP contribution is 2.44. The van der Waals surface area contributed by atoms with E-state index in [2.05, 4.69) is 36.1 Å². The first kappa shape index (κ1) is 37.2. The van der Waals surface area contributed by atoms with Crippen molar-refractivity contribution >= 4 is 75.2 Å². The lowest BCUT2D eigenvalue weighted by Crippen LogP contribution is -2.70. The van der Waals surface area contributed by atoms with Crippen LogP contribution in [0.4, 0.5) is 5.13 Å². The second kappa shape index (κ2) is 14.6. The predicted octanol–water partition coefficient (Wildman–Crippen LogP) is -0.984. The minimum absolute atomic E-state index is 0.00677. The summed E-state index contributed by atoms with van der Waals surface area (Å²) >= 11 is 2.31. The number of carboxylic acids is 2. The Hall–Kier alpha value is -6.14. The van der Waals surface area contributed by atoms with E-state index in [0.29, 0.717) is 42.1 Å². The van der Waals surface area contributed by atoms with Gasteiger partial charge >= 0.3 is 11.9 Å². The molecule has 4 aliphatic heterocycles. The normalized spacial score (nSPS) is 20.9. The van der Waals surface area contributed by atoms with Gasteiger partial charge in [-0.05, 0) is 17.3 Å². The van der Waals surface area contributed by atoms with Crippen LogP contribution in [-0.4, -0.2) is 158 Å². The smallest absolute Gasteiger partial charge is 0.348 e. The molecule has 55 heavy (non-hydrogen) atoms. The number of carboxylic acid groups (broad SMARTS) is 2. The number of oxime groups is 1. The van der Waals surface area contributed by atoms with E-state index in [9.17, 15) is 44.1 Å². The standard InChI is InChI=1S/C31H31N11O11S2/c32-31-33-15(12-55-31)20(37-53-17(30(51)52)9-18(44)45)25(47)34-21-28(50)41-22(24-35-38-39-36-24)13(11-54-29(21)41)10-42(6-1-2-7-42)8-5-40-26(48)14-3-4-16(43)23(46)19(14)27(40)49/h3-4,12,17,21,29H,1-2,5-11H2,(H7-,32,33,34,35,36,37,38,39,43,44,45,46,47,48,49,51,52)/p+1/t17-,21+,29+/m0/s1. The number of aliphatic carboxylic acids is 2. The molecule has 4 aliphatic rings. The van der Waals surface area contributed by atoms with Gasteiger partial charge in [-0.1, -0.05) is 5.16 Å². The highest BCUT2D eigenvalue weighted by Gasteiger charge is 2.55. The van der Waals surface area contributed by atoms with Crippen molar-refractivity contribution < 1.29 is 58.5 Å². The highest BCUT2D eigenvalue weighted by molar-refractivity contribution is 8.00. The number of imide groups is 1. The number of aromatic hydroxyl groups is 2. The molecule has 2 aromatic heterocycles. The van der Waals surface area contributed by atoms with E-state index in [-0.39, 0.29) is 34.3 Å². The molecular formula is C31H32N11O11S2+. The number of rotatable bonds is 14. The van der Waals surface area contributed by atoms with E-state index in [1.165, 1.54) is 28.1 Å². The van der Waals surface area contributed by atoms with E-state index < -0.39 is 76.7 Å². The molecule has 22 nitrogen and oxygen atoms in total. The van der Waals surface area contributed by atoms with Crippen LogP contribution in [0.3, 0.4) is 0 Å². The molecule has 2 saturated heterocycles. The Morgan fingerprint density at radius 1 is 1.15 bits per heavy atom. The predicted molar refractivity (Wildman–Crippen MR) is 188 cm³/mol. The summed E-state index contributed by atoms with van der Waals surface area (Å²) in [7, 11) is 0. The van der Waals surface area contributed by atoms with Crippen molar-refractivity contribution in [2.75, 3.05) is 44.2 Å². The van der Waals surface area contributed by atoms with Gasteiger partial charge in [0.1, 0.15) is 23.7 Å². The average Bonchev–Trinajstić information content (AvgIpc) is 3.97. The first-order chi connectivity index (χ1) is 26.3. The minimum Gasteiger partial charge on any atom is -0.504 e. The minimum atomic E-state index is -1.93. The van der Waals surface area contributed by atoms with Gasteiger partial charge in [0.05, 0.1) is 49.4 Å². The van der Waals surface area contributed by atoms with Crippen molar-refractivity contribution in [1.82, 2.24) is 40.7 Å². The van der Waals surface area contributed by atoms with Crippen LogP contribution in [0, 0.1) is 0 Å². The van der Waals surface area contributed by atoms with Gasteiger partial charge in [0, 0.05) is 29.5 Å². The fourth-order valence-corrected chi connectivity index (χ4v) is 8.95. The number of hydrogen-bond acceptors (Lipinski definition) is 17. The molecule has 7 rings (SSSR count). The molecular weight excluding hydrogens is 767 g/mol. The summed E-state index contributed by atoms with van der Waals surface area (Å²) in [6, 6.07) is 1.36. The number of nitrogen functional groups attached to an aromatic ring is 1. The lowest BCUT2D eigenvalue weighted by atomic mass is 10.0. The number of carbonyl (C=O) groups excluding carboxylic acids is 4. The number of thioether (sulfide) groups is 1. The fourth-order valence-electron chi connectivity index (χ4n) is 7.07. The van der Waals surface area contributed by atoms with E-state index in [0.717, 1.165) is 40.7 Å². The van der Waals surface area contributed by atoms with Gasteiger partial charge in [-0.2, -0.15) is 5.21 Å². The Morgan fingerprint density at radius 3 is 2.56 bits per heavy atom. The first-order valence-electron chi connectivity index (χ1n) is 16.7. The monoisotopic (exact) mass is 798 g/mol. The van der Waals surface area contributed by atoms with Gasteiger partial charge in [0.15, 0.2) is 22.3 Å². The summed E-state index contributed by atoms with van der Waals surface area (Å²) < 4.78 is 0.463. The lowest BCUT2D eigenvalue weighted by Gasteiger charge is -2.50. The van der Waals surface area contributed by atoms with E-state index in [4.69, 9.17) is 15.7 Å². The van der Waals surface area contributed by atoms with Gasteiger partial charge in [0.25, 0.3) is 23.6 Å². The number of carbonyl (C=O) groups is 6. The van der Waals surface area contributed by atoms with Crippen molar-refractivity contribution in [2.24, 2.45) is 5.16 Å². The molecule has 1 aromatic carbocycles. The Labute approximate surface area is 317 Å².